The standard InChI is InChI=1S/C10H8F2N2/c11-9-2-1-8(5-10(9)12)6-14-4-3-13-7-14/h1-5,7H,6H2. The maximum atomic E-state index is 12.8. The minimum absolute atomic E-state index is 0.497. The van der Waals surface area contributed by atoms with Crippen LogP contribution in [-0.2, 0) is 6.54 Å². The van der Waals surface area contributed by atoms with Crippen LogP contribution in [0.4, 0.5) is 8.78 Å². The molecule has 0 aliphatic heterocycles. The molecule has 2 rings (SSSR count). The van der Waals surface area contributed by atoms with Crippen LogP contribution in [0.25, 0.3) is 0 Å². The van der Waals surface area contributed by atoms with Gasteiger partial charge in [0.15, 0.2) is 11.6 Å². The molecule has 0 amide bonds. The summed E-state index contributed by atoms with van der Waals surface area (Å²) >= 11 is 0. The first-order valence-corrected chi connectivity index (χ1v) is 4.15. The van der Waals surface area contributed by atoms with E-state index in [0.29, 0.717) is 12.1 Å². The van der Waals surface area contributed by atoms with Crippen molar-refractivity contribution >= 4 is 0 Å². The summed E-state index contributed by atoms with van der Waals surface area (Å²) in [7, 11) is 0. The molecule has 0 bridgehead atoms. The Kier molecular flexibility index (Phi) is 2.26. The monoisotopic (exact) mass is 194 g/mol. The van der Waals surface area contributed by atoms with E-state index in [9.17, 15) is 8.78 Å². The number of hydrogen-bond donors (Lipinski definition) is 0. The van der Waals surface area contributed by atoms with Gasteiger partial charge in [0.1, 0.15) is 0 Å². The lowest BCUT2D eigenvalue weighted by Gasteiger charge is -2.02. The largest absolute Gasteiger partial charge is 0.333 e. The average molecular weight is 194 g/mol. The maximum Gasteiger partial charge on any atom is 0.159 e. The molecule has 0 atom stereocenters. The summed E-state index contributed by atoms with van der Waals surface area (Å²) in [4.78, 5) is 3.85. The molecule has 0 fully saturated rings. The van der Waals surface area contributed by atoms with E-state index in [1.807, 2.05) is 0 Å². The second-order valence-electron chi connectivity index (χ2n) is 2.98. The highest BCUT2D eigenvalue weighted by atomic mass is 19.2. The van der Waals surface area contributed by atoms with Crippen LogP contribution >= 0.6 is 0 Å². The molecule has 0 unspecified atom stereocenters. The topological polar surface area (TPSA) is 17.8 Å². The third-order valence-corrected chi connectivity index (χ3v) is 1.91. The molecular weight excluding hydrogens is 186 g/mol. The van der Waals surface area contributed by atoms with Crippen LogP contribution in [0, 0.1) is 11.6 Å². The molecule has 1 aromatic heterocycles. The van der Waals surface area contributed by atoms with Crippen LogP contribution in [0.15, 0.2) is 36.9 Å². The first-order valence-electron chi connectivity index (χ1n) is 4.15. The molecule has 0 spiro atoms. The summed E-state index contributed by atoms with van der Waals surface area (Å²) in [5, 5.41) is 0. The summed E-state index contributed by atoms with van der Waals surface area (Å²) in [6.45, 7) is 0.497. The Morgan fingerprint density at radius 1 is 1.21 bits per heavy atom. The van der Waals surface area contributed by atoms with E-state index >= 15 is 0 Å². The fourth-order valence-corrected chi connectivity index (χ4v) is 1.23. The van der Waals surface area contributed by atoms with Crippen LogP contribution in [0.1, 0.15) is 5.56 Å². The molecule has 2 nitrogen and oxygen atoms in total. The van der Waals surface area contributed by atoms with E-state index in [2.05, 4.69) is 4.98 Å². The van der Waals surface area contributed by atoms with Gasteiger partial charge < -0.3 is 4.57 Å². The van der Waals surface area contributed by atoms with Crippen LogP contribution in [0.2, 0.25) is 0 Å². The zero-order valence-electron chi connectivity index (χ0n) is 7.32. The number of rotatable bonds is 2. The number of benzene rings is 1. The van der Waals surface area contributed by atoms with E-state index < -0.39 is 11.6 Å². The molecule has 0 aliphatic carbocycles. The van der Waals surface area contributed by atoms with Crippen molar-refractivity contribution in [3.8, 4) is 0 Å². The van der Waals surface area contributed by atoms with Gasteiger partial charge in [-0.2, -0.15) is 0 Å². The Morgan fingerprint density at radius 2 is 2.07 bits per heavy atom. The Bertz CT molecular complexity index is 424. The highest BCUT2D eigenvalue weighted by molar-refractivity contribution is 5.18. The predicted octanol–water partition coefficient (Wildman–Crippen LogP) is 2.21. The Labute approximate surface area is 79.8 Å². The predicted molar refractivity (Wildman–Crippen MR) is 47.7 cm³/mol. The molecule has 0 aliphatic rings. The lowest BCUT2D eigenvalue weighted by Crippen LogP contribution is -1.97. The van der Waals surface area contributed by atoms with Gasteiger partial charge in [0.05, 0.1) is 6.33 Å². The van der Waals surface area contributed by atoms with Crippen LogP contribution < -0.4 is 0 Å². The van der Waals surface area contributed by atoms with Gasteiger partial charge in [-0.3, -0.25) is 0 Å². The quantitative estimate of drug-likeness (QED) is 0.716. The van der Waals surface area contributed by atoms with Crippen molar-refractivity contribution in [1.29, 1.82) is 0 Å². The normalized spacial score (nSPS) is 10.4. The van der Waals surface area contributed by atoms with Crippen LogP contribution in [0.5, 0.6) is 0 Å². The van der Waals surface area contributed by atoms with Gasteiger partial charge in [-0.15, -0.1) is 0 Å². The smallest absolute Gasteiger partial charge is 0.159 e. The van der Waals surface area contributed by atoms with Crippen molar-refractivity contribution in [3.05, 3.63) is 54.1 Å². The summed E-state index contributed by atoms with van der Waals surface area (Å²) in [6.07, 6.45) is 5.03. The number of aromatic nitrogens is 2. The lowest BCUT2D eigenvalue weighted by atomic mass is 10.2. The molecule has 72 valence electrons. The van der Waals surface area contributed by atoms with Crippen molar-refractivity contribution < 1.29 is 8.78 Å². The zero-order chi connectivity index (χ0) is 9.97. The molecule has 14 heavy (non-hydrogen) atoms. The van der Waals surface area contributed by atoms with Crippen LogP contribution in [0.3, 0.4) is 0 Å². The Hall–Kier alpha value is -1.71. The van der Waals surface area contributed by atoms with Crippen molar-refractivity contribution in [2.24, 2.45) is 0 Å². The SMILES string of the molecule is Fc1ccc(Cn2ccnc2)cc1F. The summed E-state index contributed by atoms with van der Waals surface area (Å²) in [6, 6.07) is 3.87. The van der Waals surface area contributed by atoms with Gasteiger partial charge >= 0.3 is 0 Å². The van der Waals surface area contributed by atoms with Gasteiger partial charge in [-0.05, 0) is 17.7 Å². The van der Waals surface area contributed by atoms with Crippen molar-refractivity contribution in [3.63, 3.8) is 0 Å². The van der Waals surface area contributed by atoms with Gasteiger partial charge in [0.2, 0.25) is 0 Å². The van der Waals surface area contributed by atoms with E-state index in [4.69, 9.17) is 0 Å². The van der Waals surface area contributed by atoms with E-state index in [1.165, 1.54) is 6.07 Å². The first kappa shape index (κ1) is 8.87. The van der Waals surface area contributed by atoms with Gasteiger partial charge in [-0.25, -0.2) is 13.8 Å². The maximum absolute atomic E-state index is 12.8. The second-order valence-corrected chi connectivity index (χ2v) is 2.98. The molecule has 0 saturated heterocycles. The highest BCUT2D eigenvalue weighted by Crippen LogP contribution is 2.09. The first-order chi connectivity index (χ1) is 6.75. The van der Waals surface area contributed by atoms with Gasteiger partial charge in [0, 0.05) is 18.9 Å². The van der Waals surface area contributed by atoms with Crippen molar-refractivity contribution in [1.82, 2.24) is 9.55 Å². The van der Waals surface area contributed by atoms with E-state index in [-0.39, 0.29) is 0 Å². The molecule has 0 saturated carbocycles. The average Bonchev–Trinajstić information content (AvgIpc) is 2.64. The molecule has 0 radical (unpaired) electrons. The number of hydrogen-bond acceptors (Lipinski definition) is 1. The van der Waals surface area contributed by atoms with E-state index in [0.717, 1.165) is 6.07 Å². The second kappa shape index (κ2) is 3.57. The number of imidazole rings is 1. The highest BCUT2D eigenvalue weighted by Gasteiger charge is 2.02. The molecule has 1 heterocycles. The van der Waals surface area contributed by atoms with Crippen molar-refractivity contribution in [2.75, 3.05) is 0 Å². The third-order valence-electron chi connectivity index (χ3n) is 1.91. The molecule has 2 aromatic rings. The molecule has 0 N–H and O–H groups in total. The lowest BCUT2D eigenvalue weighted by molar-refractivity contribution is 0.506. The Balaban J connectivity index is 2.22. The van der Waals surface area contributed by atoms with Crippen LogP contribution in [-0.4, -0.2) is 9.55 Å². The molecule has 4 heteroatoms. The van der Waals surface area contributed by atoms with E-state index in [1.54, 1.807) is 29.4 Å². The number of halogens is 2. The fourth-order valence-electron chi connectivity index (χ4n) is 1.23. The minimum Gasteiger partial charge on any atom is -0.333 e. The summed E-state index contributed by atoms with van der Waals surface area (Å²) < 4.78 is 27.2. The Morgan fingerprint density at radius 3 is 2.71 bits per heavy atom. The summed E-state index contributed by atoms with van der Waals surface area (Å²) in [5.74, 6) is -1.64. The molecular formula is C10H8F2N2. The number of nitrogens with zero attached hydrogens (tertiary/aromatic N) is 2. The van der Waals surface area contributed by atoms with Gasteiger partial charge in [-0.1, -0.05) is 6.07 Å². The zero-order valence-corrected chi connectivity index (χ0v) is 7.32. The van der Waals surface area contributed by atoms with Crippen molar-refractivity contribution in [2.45, 2.75) is 6.54 Å². The summed E-state index contributed by atoms with van der Waals surface area (Å²) in [5.41, 5.74) is 0.710. The third kappa shape index (κ3) is 1.79. The minimum atomic E-state index is -0.820. The molecule has 1 aromatic carbocycles. The fraction of sp³-hybridized carbons (Fsp3) is 0.100. The van der Waals surface area contributed by atoms with Gasteiger partial charge in [0.25, 0.3) is 0 Å².